The minimum absolute atomic E-state index is 0. The average molecular weight is 548 g/mol. The minimum Gasteiger partial charge on any atom is -0.488 e. The number of benzene rings is 1. The number of rotatable bonds is 9. The summed E-state index contributed by atoms with van der Waals surface area (Å²) in [6, 6.07) is 11.2. The van der Waals surface area contributed by atoms with Crippen LogP contribution in [0, 0.1) is 0 Å². The van der Waals surface area contributed by atoms with E-state index in [2.05, 4.69) is 20.5 Å². The summed E-state index contributed by atoms with van der Waals surface area (Å²) in [5, 5.41) is 6.65. The van der Waals surface area contributed by atoms with Gasteiger partial charge in [-0.3, -0.25) is 9.89 Å². The molecule has 1 saturated heterocycles. The molecule has 2 aromatic rings. The normalized spacial score (nSPS) is 15.9. The van der Waals surface area contributed by atoms with Gasteiger partial charge in [-0.25, -0.2) is 8.78 Å². The number of nitrogens with one attached hydrogen (secondary N) is 2. The van der Waals surface area contributed by atoms with Gasteiger partial charge in [0.2, 0.25) is 0 Å². The van der Waals surface area contributed by atoms with Gasteiger partial charge in [0.1, 0.15) is 18.1 Å². The van der Waals surface area contributed by atoms with Gasteiger partial charge in [-0.2, -0.15) is 0 Å². The Morgan fingerprint density at radius 3 is 2.65 bits per heavy atom. The number of halogens is 3. The Hall–Kier alpha value is -1.88. The zero-order valence-electron chi connectivity index (χ0n) is 17.7. The molecule has 0 spiro atoms. The molecular formula is C22H31F2IN4O2. The summed E-state index contributed by atoms with van der Waals surface area (Å²) in [7, 11) is 1.72. The van der Waals surface area contributed by atoms with Gasteiger partial charge in [-0.1, -0.05) is 18.6 Å². The highest BCUT2D eigenvalue weighted by molar-refractivity contribution is 14.0. The molecule has 2 N–H and O–H groups in total. The van der Waals surface area contributed by atoms with Crippen molar-refractivity contribution in [3.63, 3.8) is 0 Å². The second-order valence-electron chi connectivity index (χ2n) is 7.28. The van der Waals surface area contributed by atoms with Crippen molar-refractivity contribution in [2.75, 3.05) is 33.3 Å². The summed E-state index contributed by atoms with van der Waals surface area (Å²) in [6.45, 7) is 2.69. The third-order valence-corrected chi connectivity index (χ3v) is 5.12. The fourth-order valence-electron chi connectivity index (χ4n) is 3.62. The topological polar surface area (TPSA) is 62.0 Å². The first-order chi connectivity index (χ1) is 14.7. The lowest BCUT2D eigenvalue weighted by Crippen LogP contribution is -2.44. The third kappa shape index (κ3) is 8.29. The molecule has 31 heavy (non-hydrogen) atoms. The van der Waals surface area contributed by atoms with Crippen LogP contribution in [0.4, 0.5) is 8.78 Å². The Morgan fingerprint density at radius 2 is 1.97 bits per heavy atom. The highest BCUT2D eigenvalue weighted by atomic mass is 127. The minimum atomic E-state index is -2.49. The lowest BCUT2D eigenvalue weighted by Gasteiger charge is -2.33. The molecule has 3 rings (SSSR count). The van der Waals surface area contributed by atoms with Gasteiger partial charge in [0.15, 0.2) is 5.96 Å². The number of ether oxygens (including phenoxy) is 1. The SMILES string of the molecule is CN=C(NCc1cccc(OCC(F)F)c1)NCC(c1ccco1)N1CCCCC1.I. The molecule has 1 atom stereocenters. The summed E-state index contributed by atoms with van der Waals surface area (Å²) in [5.74, 6) is 2.05. The first-order valence-corrected chi connectivity index (χ1v) is 10.4. The van der Waals surface area contributed by atoms with E-state index in [1.165, 1.54) is 19.3 Å². The lowest BCUT2D eigenvalue weighted by atomic mass is 10.1. The Balaban J connectivity index is 0.00000341. The molecular weight excluding hydrogens is 517 g/mol. The maximum absolute atomic E-state index is 12.3. The maximum Gasteiger partial charge on any atom is 0.272 e. The predicted molar refractivity (Wildman–Crippen MR) is 128 cm³/mol. The van der Waals surface area contributed by atoms with Crippen LogP contribution < -0.4 is 15.4 Å². The monoisotopic (exact) mass is 548 g/mol. The number of alkyl halides is 2. The van der Waals surface area contributed by atoms with E-state index in [0.717, 1.165) is 24.4 Å². The van der Waals surface area contributed by atoms with Crippen molar-refractivity contribution in [2.45, 2.75) is 38.3 Å². The first-order valence-electron chi connectivity index (χ1n) is 10.4. The molecule has 1 aliphatic rings. The Kier molecular flexibility index (Phi) is 11.1. The van der Waals surface area contributed by atoms with Gasteiger partial charge < -0.3 is 19.8 Å². The van der Waals surface area contributed by atoms with Crippen LogP contribution in [0.15, 0.2) is 52.1 Å². The Bertz CT molecular complexity index is 784. The number of furan rings is 1. The van der Waals surface area contributed by atoms with Crippen LogP contribution in [-0.4, -0.2) is 50.6 Å². The number of nitrogens with zero attached hydrogens (tertiary/aromatic N) is 2. The number of guanidine groups is 1. The van der Waals surface area contributed by atoms with E-state index in [1.807, 2.05) is 18.2 Å². The molecule has 0 saturated carbocycles. The van der Waals surface area contributed by atoms with E-state index in [1.54, 1.807) is 31.5 Å². The fraction of sp³-hybridized carbons (Fsp3) is 0.500. The average Bonchev–Trinajstić information content (AvgIpc) is 3.30. The van der Waals surface area contributed by atoms with Crippen molar-refractivity contribution >= 4 is 29.9 Å². The van der Waals surface area contributed by atoms with Crippen molar-refractivity contribution in [1.82, 2.24) is 15.5 Å². The zero-order valence-corrected chi connectivity index (χ0v) is 20.1. The largest absolute Gasteiger partial charge is 0.488 e. The number of likely N-dealkylation sites (tertiary alicyclic amines) is 1. The Morgan fingerprint density at radius 1 is 1.16 bits per heavy atom. The van der Waals surface area contributed by atoms with Crippen LogP contribution in [0.3, 0.4) is 0 Å². The predicted octanol–water partition coefficient (Wildman–Crippen LogP) is 4.43. The van der Waals surface area contributed by atoms with Crippen molar-refractivity contribution in [2.24, 2.45) is 4.99 Å². The smallest absolute Gasteiger partial charge is 0.272 e. The number of hydrogen-bond donors (Lipinski definition) is 2. The van der Waals surface area contributed by atoms with Gasteiger partial charge in [-0.05, 0) is 55.8 Å². The maximum atomic E-state index is 12.3. The summed E-state index contributed by atoms with van der Waals surface area (Å²) in [4.78, 5) is 6.75. The summed E-state index contributed by atoms with van der Waals surface area (Å²) >= 11 is 0. The van der Waals surface area contributed by atoms with Crippen molar-refractivity contribution in [3.8, 4) is 5.75 Å². The van der Waals surface area contributed by atoms with Gasteiger partial charge in [0.25, 0.3) is 6.43 Å². The molecule has 6 nitrogen and oxygen atoms in total. The van der Waals surface area contributed by atoms with E-state index in [9.17, 15) is 8.78 Å². The molecule has 1 unspecified atom stereocenters. The second-order valence-corrected chi connectivity index (χ2v) is 7.28. The van der Waals surface area contributed by atoms with Crippen LogP contribution in [0.25, 0.3) is 0 Å². The lowest BCUT2D eigenvalue weighted by molar-refractivity contribution is 0.0818. The molecule has 0 aliphatic carbocycles. The first kappa shape index (κ1) is 25.4. The number of aliphatic imine (C=N–C) groups is 1. The zero-order chi connectivity index (χ0) is 21.2. The van der Waals surface area contributed by atoms with Crippen LogP contribution in [0.2, 0.25) is 0 Å². The quantitative estimate of drug-likeness (QED) is 0.276. The molecule has 0 bridgehead atoms. The van der Waals surface area contributed by atoms with Gasteiger partial charge in [0, 0.05) is 20.1 Å². The van der Waals surface area contributed by atoms with Crippen LogP contribution in [0.5, 0.6) is 5.75 Å². The fourth-order valence-corrected chi connectivity index (χ4v) is 3.62. The van der Waals surface area contributed by atoms with Gasteiger partial charge in [-0.15, -0.1) is 24.0 Å². The Labute approximate surface area is 199 Å². The molecule has 9 heteroatoms. The van der Waals surface area contributed by atoms with E-state index >= 15 is 0 Å². The highest BCUT2D eigenvalue weighted by Crippen LogP contribution is 2.24. The summed E-state index contributed by atoms with van der Waals surface area (Å²) < 4.78 is 35.4. The molecule has 0 amide bonds. The van der Waals surface area contributed by atoms with Crippen LogP contribution >= 0.6 is 24.0 Å². The molecule has 1 aromatic carbocycles. The third-order valence-electron chi connectivity index (χ3n) is 5.12. The van der Waals surface area contributed by atoms with E-state index in [0.29, 0.717) is 24.8 Å². The molecule has 2 heterocycles. The molecule has 1 aliphatic heterocycles. The van der Waals surface area contributed by atoms with Crippen molar-refractivity contribution in [1.29, 1.82) is 0 Å². The van der Waals surface area contributed by atoms with E-state index < -0.39 is 13.0 Å². The van der Waals surface area contributed by atoms with E-state index in [4.69, 9.17) is 9.15 Å². The van der Waals surface area contributed by atoms with Gasteiger partial charge >= 0.3 is 0 Å². The van der Waals surface area contributed by atoms with Crippen LogP contribution in [0.1, 0.15) is 36.6 Å². The standard InChI is InChI=1S/C22H30F2N4O2.HI/c1-25-22(26-14-17-7-5-8-18(13-17)30-16-21(23)24)27-15-19(20-9-6-12-29-20)28-10-3-2-4-11-28;/h5-9,12-13,19,21H,2-4,10-11,14-16H2,1H3,(H2,25,26,27);1H. The van der Waals surface area contributed by atoms with Gasteiger partial charge in [0.05, 0.1) is 12.3 Å². The number of hydrogen-bond acceptors (Lipinski definition) is 4. The van der Waals surface area contributed by atoms with Crippen LogP contribution in [-0.2, 0) is 6.54 Å². The number of piperidine rings is 1. The molecule has 0 radical (unpaired) electrons. The molecule has 1 aromatic heterocycles. The van der Waals surface area contributed by atoms with E-state index in [-0.39, 0.29) is 30.0 Å². The molecule has 1 fully saturated rings. The molecule has 172 valence electrons. The van der Waals surface area contributed by atoms with Crippen molar-refractivity contribution < 1.29 is 17.9 Å². The second kappa shape index (κ2) is 13.5. The highest BCUT2D eigenvalue weighted by Gasteiger charge is 2.24. The van der Waals surface area contributed by atoms with Crippen molar-refractivity contribution in [3.05, 3.63) is 54.0 Å². The summed E-state index contributed by atoms with van der Waals surface area (Å²) in [6.07, 6.45) is 2.90. The summed E-state index contributed by atoms with van der Waals surface area (Å²) in [5.41, 5.74) is 0.920.